The molecule has 1 N–H and O–H groups in total. The van der Waals surface area contributed by atoms with E-state index in [1.807, 2.05) is 16.7 Å². The third-order valence-electron chi connectivity index (χ3n) is 2.64. The van der Waals surface area contributed by atoms with E-state index in [0.29, 0.717) is 4.77 Å². The molecule has 5 heteroatoms. The molecule has 0 atom stereocenters. The number of halogens is 1. The molecule has 90 valence electrons. The van der Waals surface area contributed by atoms with Crippen LogP contribution in [-0.2, 0) is 6.54 Å². The van der Waals surface area contributed by atoms with Crippen LogP contribution in [0.3, 0.4) is 0 Å². The first-order valence-electron chi connectivity index (χ1n) is 5.55. The molecule has 0 aliphatic rings. The van der Waals surface area contributed by atoms with E-state index in [9.17, 15) is 0 Å². The number of aromatic amines is 1. The summed E-state index contributed by atoms with van der Waals surface area (Å²) in [4.78, 5) is 0. The van der Waals surface area contributed by atoms with Crippen molar-refractivity contribution >= 4 is 28.1 Å². The van der Waals surface area contributed by atoms with Gasteiger partial charge in [0.15, 0.2) is 10.6 Å². The first-order valence-corrected chi connectivity index (χ1v) is 6.76. The van der Waals surface area contributed by atoms with E-state index in [-0.39, 0.29) is 0 Å². The largest absolute Gasteiger partial charge is 0.300 e. The van der Waals surface area contributed by atoms with Gasteiger partial charge in [-0.25, -0.2) is 0 Å². The Labute approximate surface area is 114 Å². The Balaban J connectivity index is 2.60. The Morgan fingerprint density at radius 1 is 1.47 bits per heavy atom. The van der Waals surface area contributed by atoms with Gasteiger partial charge in [0.1, 0.15) is 0 Å². The van der Waals surface area contributed by atoms with Gasteiger partial charge in [-0.05, 0) is 47.1 Å². The summed E-state index contributed by atoms with van der Waals surface area (Å²) in [7, 11) is 0. The van der Waals surface area contributed by atoms with Crippen molar-refractivity contribution in [1.29, 1.82) is 0 Å². The maximum atomic E-state index is 5.24. The van der Waals surface area contributed by atoms with Gasteiger partial charge in [-0.3, -0.25) is 5.10 Å². The Bertz CT molecular complexity index is 586. The fourth-order valence-corrected chi connectivity index (χ4v) is 2.44. The summed E-state index contributed by atoms with van der Waals surface area (Å²) < 4.78 is 3.79. The van der Waals surface area contributed by atoms with E-state index in [0.717, 1.165) is 28.8 Å². The number of nitrogens with zero attached hydrogens (tertiary/aromatic N) is 2. The highest BCUT2D eigenvalue weighted by molar-refractivity contribution is 9.10. The van der Waals surface area contributed by atoms with Crippen LogP contribution in [-0.4, -0.2) is 14.8 Å². The fourth-order valence-electron chi connectivity index (χ4n) is 1.77. The number of rotatable bonds is 3. The molecule has 3 nitrogen and oxygen atoms in total. The monoisotopic (exact) mass is 311 g/mol. The Morgan fingerprint density at radius 2 is 2.24 bits per heavy atom. The van der Waals surface area contributed by atoms with E-state index in [1.165, 1.54) is 5.56 Å². The Hall–Kier alpha value is -0.940. The maximum absolute atomic E-state index is 5.24. The number of H-pyrrole nitrogens is 1. The first kappa shape index (κ1) is 12.5. The van der Waals surface area contributed by atoms with Crippen LogP contribution in [0.2, 0.25) is 0 Å². The predicted octanol–water partition coefficient (Wildman–Crippen LogP) is 4.09. The van der Waals surface area contributed by atoms with Crippen molar-refractivity contribution < 1.29 is 0 Å². The van der Waals surface area contributed by atoms with Gasteiger partial charge >= 0.3 is 0 Å². The summed E-state index contributed by atoms with van der Waals surface area (Å²) >= 11 is 8.85. The van der Waals surface area contributed by atoms with Gasteiger partial charge in [-0.1, -0.05) is 25.1 Å². The second kappa shape index (κ2) is 5.14. The Kier molecular flexibility index (Phi) is 3.79. The second-order valence-corrected chi connectivity index (χ2v) is 5.12. The summed E-state index contributed by atoms with van der Waals surface area (Å²) in [5.41, 5.74) is 2.27. The lowest BCUT2D eigenvalue weighted by atomic mass is 10.1. The van der Waals surface area contributed by atoms with E-state index in [4.69, 9.17) is 12.2 Å². The van der Waals surface area contributed by atoms with Crippen LogP contribution >= 0.6 is 28.1 Å². The van der Waals surface area contributed by atoms with Gasteiger partial charge in [-0.2, -0.15) is 5.10 Å². The molecule has 0 radical (unpaired) electrons. The smallest absolute Gasteiger partial charge is 0.195 e. The third-order valence-corrected chi connectivity index (χ3v) is 4.00. The minimum atomic E-state index is 0.676. The normalized spacial score (nSPS) is 10.8. The number of nitrogens with one attached hydrogen (secondary N) is 1. The molecule has 0 saturated carbocycles. The van der Waals surface area contributed by atoms with Crippen molar-refractivity contribution in [1.82, 2.24) is 14.8 Å². The molecule has 0 amide bonds. The van der Waals surface area contributed by atoms with E-state index < -0.39 is 0 Å². The first-order chi connectivity index (χ1) is 8.15. The van der Waals surface area contributed by atoms with Crippen LogP contribution in [0.15, 0.2) is 22.7 Å². The minimum Gasteiger partial charge on any atom is -0.300 e. The van der Waals surface area contributed by atoms with Gasteiger partial charge in [0.2, 0.25) is 0 Å². The quantitative estimate of drug-likeness (QED) is 0.866. The lowest BCUT2D eigenvalue weighted by molar-refractivity contribution is 0.674. The SMILES string of the molecule is CCCn1c(-c2cccc(C)c2Br)n[nH]c1=S. The molecule has 17 heavy (non-hydrogen) atoms. The molecule has 0 aliphatic carbocycles. The predicted molar refractivity (Wildman–Crippen MR) is 75.6 cm³/mol. The number of benzene rings is 1. The van der Waals surface area contributed by atoms with Crippen LogP contribution in [0.1, 0.15) is 18.9 Å². The molecule has 1 aromatic carbocycles. The average molecular weight is 312 g/mol. The molecule has 0 unspecified atom stereocenters. The van der Waals surface area contributed by atoms with Gasteiger partial charge < -0.3 is 4.57 Å². The zero-order chi connectivity index (χ0) is 12.4. The maximum Gasteiger partial charge on any atom is 0.195 e. The van der Waals surface area contributed by atoms with Crippen molar-refractivity contribution in [3.05, 3.63) is 33.0 Å². The van der Waals surface area contributed by atoms with E-state index in [1.54, 1.807) is 0 Å². The van der Waals surface area contributed by atoms with Gasteiger partial charge in [0.25, 0.3) is 0 Å². The molecule has 2 rings (SSSR count). The molecular formula is C12H14BrN3S. The molecule has 0 bridgehead atoms. The highest BCUT2D eigenvalue weighted by atomic mass is 79.9. The standard InChI is InChI=1S/C12H14BrN3S/c1-3-7-16-11(14-15-12(16)17)9-6-4-5-8(2)10(9)13/h4-6H,3,7H2,1-2H3,(H,15,17). The zero-order valence-electron chi connectivity index (χ0n) is 9.83. The molecule has 0 aliphatic heterocycles. The molecule has 0 saturated heterocycles. The number of hydrogen-bond donors (Lipinski definition) is 1. The molecule has 0 spiro atoms. The molecule has 1 aromatic heterocycles. The number of hydrogen-bond acceptors (Lipinski definition) is 2. The van der Waals surface area contributed by atoms with Crippen LogP contribution in [0.5, 0.6) is 0 Å². The van der Waals surface area contributed by atoms with Crippen molar-refractivity contribution in [3.8, 4) is 11.4 Å². The summed E-state index contributed by atoms with van der Waals surface area (Å²) in [6.07, 6.45) is 1.03. The Morgan fingerprint density at radius 3 is 2.94 bits per heavy atom. The summed E-state index contributed by atoms with van der Waals surface area (Å²) in [6.45, 7) is 5.08. The molecule has 1 heterocycles. The topological polar surface area (TPSA) is 33.6 Å². The van der Waals surface area contributed by atoms with Gasteiger partial charge in [0, 0.05) is 16.6 Å². The van der Waals surface area contributed by atoms with Crippen molar-refractivity contribution in [2.45, 2.75) is 26.8 Å². The van der Waals surface area contributed by atoms with Crippen molar-refractivity contribution in [2.24, 2.45) is 0 Å². The lowest BCUT2D eigenvalue weighted by Crippen LogP contribution is -2.00. The van der Waals surface area contributed by atoms with Crippen LogP contribution < -0.4 is 0 Å². The van der Waals surface area contributed by atoms with Gasteiger partial charge in [0.05, 0.1) is 0 Å². The van der Waals surface area contributed by atoms with Gasteiger partial charge in [-0.15, -0.1) is 0 Å². The summed E-state index contributed by atoms with van der Waals surface area (Å²) in [5, 5.41) is 7.18. The zero-order valence-corrected chi connectivity index (χ0v) is 12.2. The van der Waals surface area contributed by atoms with E-state index in [2.05, 4.69) is 46.0 Å². The number of aromatic nitrogens is 3. The van der Waals surface area contributed by atoms with E-state index >= 15 is 0 Å². The van der Waals surface area contributed by atoms with Crippen molar-refractivity contribution in [3.63, 3.8) is 0 Å². The average Bonchev–Trinajstić information content (AvgIpc) is 2.66. The molecular weight excluding hydrogens is 298 g/mol. The van der Waals surface area contributed by atoms with Crippen LogP contribution in [0, 0.1) is 11.7 Å². The summed E-state index contributed by atoms with van der Waals surface area (Å²) in [5.74, 6) is 0.896. The highest BCUT2D eigenvalue weighted by Gasteiger charge is 2.12. The fraction of sp³-hybridized carbons (Fsp3) is 0.333. The molecule has 0 fully saturated rings. The number of aryl methyl sites for hydroxylation is 1. The molecule has 2 aromatic rings. The summed E-state index contributed by atoms with van der Waals surface area (Å²) in [6, 6.07) is 6.15. The third kappa shape index (κ3) is 2.35. The van der Waals surface area contributed by atoms with Crippen LogP contribution in [0.25, 0.3) is 11.4 Å². The lowest BCUT2D eigenvalue weighted by Gasteiger charge is -2.08. The highest BCUT2D eigenvalue weighted by Crippen LogP contribution is 2.29. The second-order valence-electron chi connectivity index (χ2n) is 3.94. The van der Waals surface area contributed by atoms with Crippen molar-refractivity contribution in [2.75, 3.05) is 0 Å². The minimum absolute atomic E-state index is 0.676. The van der Waals surface area contributed by atoms with Crippen LogP contribution in [0.4, 0.5) is 0 Å².